The van der Waals surface area contributed by atoms with Crippen LogP contribution >= 0.6 is 11.6 Å². The number of hydrogen-bond donors (Lipinski definition) is 2. The van der Waals surface area contributed by atoms with Crippen molar-refractivity contribution < 1.29 is 15.0 Å². The zero-order valence-electron chi connectivity index (χ0n) is 7.48. The molecule has 0 aliphatic heterocycles. The van der Waals surface area contributed by atoms with Gasteiger partial charge >= 0.3 is 5.97 Å². The Morgan fingerprint density at radius 2 is 1.93 bits per heavy atom. The lowest BCUT2D eigenvalue weighted by molar-refractivity contribution is -0.137. The lowest BCUT2D eigenvalue weighted by Gasteiger charge is -2.11. The average Bonchev–Trinajstić information content (AvgIpc) is 2.15. The van der Waals surface area contributed by atoms with Crippen molar-refractivity contribution >= 4 is 17.6 Å². The second-order valence-corrected chi connectivity index (χ2v) is 3.47. The Morgan fingerprint density at radius 1 is 1.36 bits per heavy atom. The van der Waals surface area contributed by atoms with Gasteiger partial charge in [-0.3, -0.25) is 4.79 Å². The zero-order chi connectivity index (χ0) is 10.6. The maximum absolute atomic E-state index is 10.5. The highest BCUT2D eigenvalue weighted by Gasteiger charge is 2.13. The number of hydrogen-bond acceptors (Lipinski definition) is 2. The van der Waals surface area contributed by atoms with E-state index in [9.17, 15) is 4.79 Å². The topological polar surface area (TPSA) is 57.5 Å². The molecular formula is C10H11ClO3. The van der Waals surface area contributed by atoms with Crippen molar-refractivity contribution in [3.05, 3.63) is 34.9 Å². The molecule has 14 heavy (non-hydrogen) atoms. The molecule has 2 N–H and O–H groups in total. The second-order valence-electron chi connectivity index (χ2n) is 3.03. The summed E-state index contributed by atoms with van der Waals surface area (Å²) < 4.78 is 0. The molecule has 76 valence electrons. The number of rotatable bonds is 4. The number of carbonyl (C=O) groups is 1. The normalized spacial score (nSPS) is 12.4. The van der Waals surface area contributed by atoms with Gasteiger partial charge < -0.3 is 10.2 Å². The number of benzene rings is 1. The van der Waals surface area contributed by atoms with Crippen LogP contribution in [0.15, 0.2) is 24.3 Å². The maximum atomic E-state index is 10.5. The third-order valence-electron chi connectivity index (χ3n) is 1.98. The first-order valence-electron chi connectivity index (χ1n) is 4.21. The Bertz CT molecular complexity index is 308. The Morgan fingerprint density at radius 3 is 2.36 bits per heavy atom. The monoisotopic (exact) mass is 214 g/mol. The summed E-state index contributed by atoms with van der Waals surface area (Å²) in [6.07, 6.45) is -0.0713. The summed E-state index contributed by atoms with van der Waals surface area (Å²) in [6.45, 7) is -0.173. The quantitative estimate of drug-likeness (QED) is 0.805. The lowest BCUT2D eigenvalue weighted by atomic mass is 9.97. The standard InChI is InChI=1S/C10H11ClO3/c11-9-3-1-7(2-4-9)8(6-12)5-10(13)14/h1-4,8,12H,5-6H2,(H,13,14)/t8-/m0/s1. The molecule has 0 fully saturated rings. The van der Waals surface area contributed by atoms with Crippen molar-refractivity contribution in [2.75, 3.05) is 6.61 Å². The molecule has 0 saturated carbocycles. The first kappa shape index (κ1) is 11.0. The molecule has 0 unspecified atom stereocenters. The second kappa shape index (κ2) is 4.98. The van der Waals surface area contributed by atoms with Gasteiger partial charge in [0.05, 0.1) is 13.0 Å². The molecule has 1 rings (SSSR count). The summed E-state index contributed by atoms with van der Waals surface area (Å²) in [5.41, 5.74) is 0.791. The molecule has 1 aromatic rings. The Kier molecular flexibility index (Phi) is 3.92. The minimum absolute atomic E-state index is 0.0713. The molecule has 3 nitrogen and oxygen atoms in total. The summed E-state index contributed by atoms with van der Waals surface area (Å²) in [7, 11) is 0. The van der Waals surface area contributed by atoms with Crippen LogP contribution in [0.25, 0.3) is 0 Å². The van der Waals surface area contributed by atoms with Crippen LogP contribution in [0, 0.1) is 0 Å². The highest BCUT2D eigenvalue weighted by molar-refractivity contribution is 6.30. The summed E-state index contributed by atoms with van der Waals surface area (Å²) in [5, 5.41) is 18.2. The largest absolute Gasteiger partial charge is 0.481 e. The van der Waals surface area contributed by atoms with Crippen molar-refractivity contribution in [2.45, 2.75) is 12.3 Å². The van der Waals surface area contributed by atoms with Crippen LogP contribution in [-0.4, -0.2) is 22.8 Å². The Balaban J connectivity index is 2.78. The van der Waals surface area contributed by atoms with Gasteiger partial charge in [-0.15, -0.1) is 0 Å². The highest BCUT2D eigenvalue weighted by atomic mass is 35.5. The van der Waals surface area contributed by atoms with E-state index < -0.39 is 5.97 Å². The number of aliphatic hydroxyl groups is 1. The van der Waals surface area contributed by atoms with Gasteiger partial charge in [0.2, 0.25) is 0 Å². The molecule has 0 spiro atoms. The fourth-order valence-electron chi connectivity index (χ4n) is 1.23. The molecule has 0 radical (unpaired) electrons. The van der Waals surface area contributed by atoms with Crippen LogP contribution in [-0.2, 0) is 4.79 Å². The first-order chi connectivity index (χ1) is 6.63. The van der Waals surface area contributed by atoms with Crippen LogP contribution in [0.3, 0.4) is 0 Å². The van der Waals surface area contributed by atoms with Crippen molar-refractivity contribution in [2.24, 2.45) is 0 Å². The molecule has 1 atom stereocenters. The van der Waals surface area contributed by atoms with E-state index in [0.717, 1.165) is 5.56 Å². The van der Waals surface area contributed by atoms with Gasteiger partial charge in [0.25, 0.3) is 0 Å². The van der Waals surface area contributed by atoms with Crippen LogP contribution in [0.5, 0.6) is 0 Å². The summed E-state index contributed by atoms with van der Waals surface area (Å²) in [5.74, 6) is -1.27. The molecule has 0 saturated heterocycles. The van der Waals surface area contributed by atoms with Crippen LogP contribution in [0.1, 0.15) is 17.9 Å². The van der Waals surface area contributed by atoms with Gasteiger partial charge in [-0.05, 0) is 17.7 Å². The minimum atomic E-state index is -0.918. The van der Waals surface area contributed by atoms with Crippen LogP contribution in [0.4, 0.5) is 0 Å². The average molecular weight is 215 g/mol. The van der Waals surface area contributed by atoms with Crippen LogP contribution in [0.2, 0.25) is 5.02 Å². The van der Waals surface area contributed by atoms with Crippen molar-refractivity contribution in [1.82, 2.24) is 0 Å². The summed E-state index contributed by atoms with van der Waals surface area (Å²) in [6, 6.07) is 6.82. The fourth-order valence-corrected chi connectivity index (χ4v) is 1.36. The smallest absolute Gasteiger partial charge is 0.304 e. The highest BCUT2D eigenvalue weighted by Crippen LogP contribution is 2.20. The van der Waals surface area contributed by atoms with E-state index in [0.29, 0.717) is 5.02 Å². The van der Waals surface area contributed by atoms with Gasteiger partial charge in [-0.1, -0.05) is 23.7 Å². The van der Waals surface area contributed by atoms with E-state index >= 15 is 0 Å². The van der Waals surface area contributed by atoms with E-state index in [1.807, 2.05) is 0 Å². The maximum Gasteiger partial charge on any atom is 0.304 e. The summed E-state index contributed by atoms with van der Waals surface area (Å²) in [4.78, 5) is 10.5. The predicted octanol–water partition coefficient (Wildman–Crippen LogP) is 1.89. The third kappa shape index (κ3) is 3.01. The molecule has 1 aromatic carbocycles. The fraction of sp³-hybridized carbons (Fsp3) is 0.300. The van der Waals surface area contributed by atoms with Gasteiger partial charge in [0.1, 0.15) is 0 Å². The Labute approximate surface area is 86.9 Å². The molecule has 0 aromatic heterocycles. The van der Waals surface area contributed by atoms with E-state index in [4.69, 9.17) is 21.8 Å². The summed E-state index contributed by atoms with van der Waals surface area (Å²) >= 11 is 5.69. The van der Waals surface area contributed by atoms with E-state index in [-0.39, 0.29) is 18.9 Å². The number of carboxylic acid groups (broad SMARTS) is 1. The van der Waals surface area contributed by atoms with E-state index in [1.165, 1.54) is 0 Å². The minimum Gasteiger partial charge on any atom is -0.481 e. The lowest BCUT2D eigenvalue weighted by Crippen LogP contribution is -2.09. The molecule has 0 amide bonds. The predicted molar refractivity (Wildman–Crippen MR) is 53.5 cm³/mol. The van der Waals surface area contributed by atoms with Crippen molar-refractivity contribution in [3.8, 4) is 0 Å². The molecular weight excluding hydrogens is 204 g/mol. The molecule has 0 bridgehead atoms. The SMILES string of the molecule is O=C(O)C[C@@H](CO)c1ccc(Cl)cc1. The van der Waals surface area contributed by atoms with Gasteiger partial charge in [-0.2, -0.15) is 0 Å². The van der Waals surface area contributed by atoms with E-state index in [2.05, 4.69) is 0 Å². The van der Waals surface area contributed by atoms with Crippen molar-refractivity contribution in [3.63, 3.8) is 0 Å². The van der Waals surface area contributed by atoms with Crippen molar-refractivity contribution in [1.29, 1.82) is 0 Å². The van der Waals surface area contributed by atoms with Crippen LogP contribution < -0.4 is 0 Å². The number of aliphatic hydroxyl groups excluding tert-OH is 1. The first-order valence-corrected chi connectivity index (χ1v) is 4.59. The number of aliphatic carboxylic acids is 1. The third-order valence-corrected chi connectivity index (χ3v) is 2.23. The van der Waals surface area contributed by atoms with E-state index in [1.54, 1.807) is 24.3 Å². The molecule has 4 heteroatoms. The number of halogens is 1. The molecule has 0 aliphatic carbocycles. The molecule has 0 aliphatic rings. The van der Waals surface area contributed by atoms with Gasteiger partial charge in [0.15, 0.2) is 0 Å². The Hall–Kier alpha value is -1.06. The number of carboxylic acids is 1. The van der Waals surface area contributed by atoms with Gasteiger partial charge in [-0.25, -0.2) is 0 Å². The zero-order valence-corrected chi connectivity index (χ0v) is 8.24. The van der Waals surface area contributed by atoms with Gasteiger partial charge in [0, 0.05) is 10.9 Å². The molecule has 0 heterocycles.